The zero-order valence-electron chi connectivity index (χ0n) is 20.5. The fraction of sp³-hybridized carbons (Fsp3) is 0.333. The van der Waals surface area contributed by atoms with Crippen molar-refractivity contribution in [2.45, 2.75) is 24.0 Å². The summed E-state index contributed by atoms with van der Waals surface area (Å²) in [6.07, 6.45) is 0.0335. The van der Waals surface area contributed by atoms with Crippen molar-refractivity contribution in [1.29, 1.82) is 0 Å². The Morgan fingerprint density at radius 3 is 2.24 bits per heavy atom. The van der Waals surface area contributed by atoms with E-state index in [0.717, 1.165) is 23.4 Å². The number of sulfonamides is 1. The third-order valence-corrected chi connectivity index (χ3v) is 8.20. The van der Waals surface area contributed by atoms with Gasteiger partial charge in [-0.1, -0.05) is 18.2 Å². The molecule has 3 aromatic carbocycles. The summed E-state index contributed by atoms with van der Waals surface area (Å²) >= 11 is 0. The molecule has 0 radical (unpaired) electrons. The highest BCUT2D eigenvalue weighted by atomic mass is 32.2. The van der Waals surface area contributed by atoms with Crippen molar-refractivity contribution in [3.05, 3.63) is 83.4 Å². The Labute approximate surface area is 217 Å². The van der Waals surface area contributed by atoms with Crippen LogP contribution in [-0.2, 0) is 27.8 Å². The Balaban J connectivity index is 1.24. The first-order valence-electron chi connectivity index (χ1n) is 12.2. The molecule has 0 spiro atoms. The molecule has 0 aromatic heterocycles. The number of anilines is 2. The van der Waals surface area contributed by atoms with Crippen molar-refractivity contribution in [3.8, 4) is 5.75 Å². The first-order chi connectivity index (χ1) is 17.9. The molecule has 10 heteroatoms. The van der Waals surface area contributed by atoms with Crippen molar-refractivity contribution in [2.75, 3.05) is 44.7 Å². The average molecular weight is 528 g/mol. The summed E-state index contributed by atoms with van der Waals surface area (Å²) in [6, 6.07) is 19.4. The number of rotatable bonds is 11. The van der Waals surface area contributed by atoms with Crippen molar-refractivity contribution in [2.24, 2.45) is 0 Å². The molecule has 37 heavy (non-hydrogen) atoms. The number of benzene rings is 3. The van der Waals surface area contributed by atoms with Gasteiger partial charge in [0.25, 0.3) is 0 Å². The van der Waals surface area contributed by atoms with Crippen LogP contribution < -0.4 is 10.6 Å². The van der Waals surface area contributed by atoms with Crippen molar-refractivity contribution in [3.63, 3.8) is 0 Å². The molecule has 1 aliphatic heterocycles. The molecular weight excluding hydrogens is 494 g/mol. The maximum absolute atomic E-state index is 12.8. The van der Waals surface area contributed by atoms with Crippen LogP contribution in [0.1, 0.15) is 22.8 Å². The maximum Gasteiger partial charge on any atom is 0.243 e. The lowest BCUT2D eigenvalue weighted by Crippen LogP contribution is -2.40. The van der Waals surface area contributed by atoms with Crippen molar-refractivity contribution >= 4 is 21.4 Å². The van der Waals surface area contributed by atoms with E-state index in [2.05, 4.69) is 10.6 Å². The first-order valence-corrected chi connectivity index (χ1v) is 13.7. The highest BCUT2D eigenvalue weighted by Gasteiger charge is 2.26. The monoisotopic (exact) mass is 527 g/mol. The zero-order valence-corrected chi connectivity index (χ0v) is 21.3. The van der Waals surface area contributed by atoms with Crippen LogP contribution in [0.2, 0.25) is 0 Å². The van der Waals surface area contributed by atoms with E-state index in [1.165, 1.54) is 10.4 Å². The molecule has 198 valence electrons. The second-order valence-corrected chi connectivity index (χ2v) is 10.8. The number of hydrogen-bond acceptors (Lipinski definition) is 8. The van der Waals surface area contributed by atoms with Crippen LogP contribution in [0, 0.1) is 0 Å². The van der Waals surface area contributed by atoms with Gasteiger partial charge in [0.05, 0.1) is 30.8 Å². The Hall–Kier alpha value is -2.99. The van der Waals surface area contributed by atoms with Crippen LogP contribution >= 0.6 is 0 Å². The first kappa shape index (κ1) is 27.1. The summed E-state index contributed by atoms with van der Waals surface area (Å²) < 4.78 is 32.2. The minimum Gasteiger partial charge on any atom is -0.508 e. The largest absolute Gasteiger partial charge is 0.508 e. The summed E-state index contributed by atoms with van der Waals surface area (Å²) in [6.45, 7) is 2.31. The molecule has 1 fully saturated rings. The van der Waals surface area contributed by atoms with E-state index in [1.807, 2.05) is 24.3 Å². The molecule has 9 nitrogen and oxygen atoms in total. The van der Waals surface area contributed by atoms with E-state index >= 15 is 0 Å². The fourth-order valence-electron chi connectivity index (χ4n) is 4.10. The van der Waals surface area contributed by atoms with Gasteiger partial charge in [-0.15, -0.1) is 0 Å². The van der Waals surface area contributed by atoms with Gasteiger partial charge < -0.3 is 30.7 Å². The summed E-state index contributed by atoms with van der Waals surface area (Å²) in [5.41, 5.74) is 3.84. The zero-order chi connectivity index (χ0) is 26.3. The summed E-state index contributed by atoms with van der Waals surface area (Å²) in [5.74, 6) is 0.0121. The third kappa shape index (κ3) is 7.07. The number of aliphatic hydroxyl groups is 2. The molecule has 1 heterocycles. The van der Waals surface area contributed by atoms with E-state index in [-0.39, 0.29) is 17.3 Å². The molecule has 3 aromatic rings. The highest BCUT2D eigenvalue weighted by Crippen LogP contribution is 2.23. The van der Waals surface area contributed by atoms with Crippen molar-refractivity contribution in [1.82, 2.24) is 9.62 Å². The summed E-state index contributed by atoms with van der Waals surface area (Å²) in [4.78, 5) is 0.271. The molecule has 0 amide bonds. The number of aliphatic hydroxyl groups excluding tert-OH is 2. The Morgan fingerprint density at radius 2 is 1.59 bits per heavy atom. The van der Waals surface area contributed by atoms with Crippen LogP contribution in [0.5, 0.6) is 5.75 Å². The SMILES string of the molecule is O=S(=O)(c1ccc(Nc2ccc(CCNCC(O)c3ccc(O)c(CO)c3)cc2)cc1)N1CCOCC1. The molecular formula is C27H33N3O6S. The van der Waals surface area contributed by atoms with Gasteiger partial charge in [-0.05, 0) is 72.6 Å². The van der Waals surface area contributed by atoms with Gasteiger partial charge in [-0.3, -0.25) is 0 Å². The Kier molecular flexibility index (Phi) is 9.14. The molecule has 0 saturated carbocycles. The molecule has 0 aliphatic carbocycles. The Bertz CT molecular complexity index is 1260. The van der Waals surface area contributed by atoms with Gasteiger partial charge in [0, 0.05) is 36.6 Å². The predicted molar refractivity (Wildman–Crippen MR) is 141 cm³/mol. The van der Waals surface area contributed by atoms with E-state index in [9.17, 15) is 23.7 Å². The molecule has 1 aliphatic rings. The molecule has 1 saturated heterocycles. The van der Waals surface area contributed by atoms with Crippen LogP contribution in [0.15, 0.2) is 71.6 Å². The second-order valence-electron chi connectivity index (χ2n) is 8.88. The minimum absolute atomic E-state index is 0.0121. The van der Waals surface area contributed by atoms with Crippen LogP contribution in [0.3, 0.4) is 0 Å². The van der Waals surface area contributed by atoms with Crippen LogP contribution in [-0.4, -0.2) is 67.4 Å². The summed E-state index contributed by atoms with van der Waals surface area (Å²) in [5, 5.41) is 35.8. The number of nitrogens with one attached hydrogen (secondary N) is 2. The van der Waals surface area contributed by atoms with Gasteiger partial charge in [0.2, 0.25) is 10.0 Å². The van der Waals surface area contributed by atoms with Gasteiger partial charge in [-0.25, -0.2) is 8.42 Å². The lowest BCUT2D eigenvalue weighted by molar-refractivity contribution is 0.0730. The smallest absolute Gasteiger partial charge is 0.243 e. The lowest BCUT2D eigenvalue weighted by Gasteiger charge is -2.26. The molecule has 4 rings (SSSR count). The van der Waals surface area contributed by atoms with Gasteiger partial charge in [-0.2, -0.15) is 4.31 Å². The Morgan fingerprint density at radius 1 is 0.946 bits per heavy atom. The number of phenols is 1. The number of hydrogen-bond donors (Lipinski definition) is 5. The summed E-state index contributed by atoms with van der Waals surface area (Å²) in [7, 11) is -3.51. The molecule has 1 unspecified atom stereocenters. The molecule has 5 N–H and O–H groups in total. The quantitative estimate of drug-likeness (QED) is 0.241. The maximum atomic E-state index is 12.8. The highest BCUT2D eigenvalue weighted by molar-refractivity contribution is 7.89. The van der Waals surface area contributed by atoms with Crippen LogP contribution in [0.4, 0.5) is 11.4 Å². The van der Waals surface area contributed by atoms with Crippen molar-refractivity contribution < 1.29 is 28.5 Å². The predicted octanol–water partition coefficient (Wildman–Crippen LogP) is 2.51. The second kappa shape index (κ2) is 12.5. The van der Waals surface area contributed by atoms with Gasteiger partial charge >= 0.3 is 0 Å². The third-order valence-electron chi connectivity index (χ3n) is 6.29. The van der Waals surface area contributed by atoms with E-state index in [0.29, 0.717) is 50.5 Å². The fourth-order valence-corrected chi connectivity index (χ4v) is 5.50. The molecule has 1 atom stereocenters. The van der Waals surface area contributed by atoms with E-state index in [1.54, 1.807) is 36.4 Å². The number of morpholine rings is 1. The van der Waals surface area contributed by atoms with E-state index < -0.39 is 16.1 Å². The normalized spacial score (nSPS) is 15.4. The standard InChI is InChI=1S/C27H33N3O6S/c31-19-22-17-21(3-10-26(22)32)27(33)18-28-12-11-20-1-4-23(5-2-20)29-24-6-8-25(9-7-24)37(34,35)30-13-15-36-16-14-30/h1-10,17,27-29,31-33H,11-16,18-19H2. The van der Waals surface area contributed by atoms with Gasteiger partial charge in [0.1, 0.15) is 5.75 Å². The number of ether oxygens (including phenoxy) is 1. The topological polar surface area (TPSA) is 131 Å². The van der Waals surface area contributed by atoms with Crippen LogP contribution in [0.25, 0.3) is 0 Å². The van der Waals surface area contributed by atoms with Gasteiger partial charge in [0.15, 0.2) is 0 Å². The minimum atomic E-state index is -3.51. The number of aromatic hydroxyl groups is 1. The molecule has 0 bridgehead atoms. The lowest BCUT2D eigenvalue weighted by atomic mass is 10.1. The van der Waals surface area contributed by atoms with E-state index in [4.69, 9.17) is 4.74 Å². The average Bonchev–Trinajstić information content (AvgIpc) is 2.93. The number of nitrogens with zero attached hydrogens (tertiary/aromatic N) is 1.